The third-order valence-electron chi connectivity index (χ3n) is 4.89. The molecule has 30 heavy (non-hydrogen) atoms. The Morgan fingerprint density at radius 1 is 1.27 bits per heavy atom. The van der Waals surface area contributed by atoms with Crippen molar-refractivity contribution in [2.45, 2.75) is 70.9 Å². The fourth-order valence-electron chi connectivity index (χ4n) is 3.26. The highest BCUT2D eigenvalue weighted by Crippen LogP contribution is 2.20. The third-order valence-corrected chi connectivity index (χ3v) is 4.89. The van der Waals surface area contributed by atoms with Crippen LogP contribution >= 0.6 is 0 Å². The average molecular weight is 422 g/mol. The fraction of sp³-hybridized carbons (Fsp3) is 0.682. The van der Waals surface area contributed by atoms with Crippen LogP contribution in [0.4, 0.5) is 10.6 Å². The van der Waals surface area contributed by atoms with Gasteiger partial charge in [-0.1, -0.05) is 6.07 Å². The number of hydrogen-bond acceptors (Lipinski definition) is 6. The molecule has 168 valence electrons. The van der Waals surface area contributed by atoms with E-state index in [4.69, 9.17) is 9.47 Å². The van der Waals surface area contributed by atoms with Gasteiger partial charge < -0.3 is 19.9 Å². The van der Waals surface area contributed by atoms with E-state index in [-0.39, 0.29) is 13.0 Å². The highest BCUT2D eigenvalue weighted by molar-refractivity contribution is 5.79. The Hall–Kier alpha value is -2.35. The van der Waals surface area contributed by atoms with Crippen LogP contribution in [0.3, 0.4) is 0 Å². The maximum Gasteiger partial charge on any atom is 0.410 e. The molecule has 2 rings (SSSR count). The van der Waals surface area contributed by atoms with E-state index in [1.807, 2.05) is 0 Å². The summed E-state index contributed by atoms with van der Waals surface area (Å²) >= 11 is 0. The van der Waals surface area contributed by atoms with Crippen LogP contribution in [0.2, 0.25) is 0 Å². The van der Waals surface area contributed by atoms with Crippen LogP contribution in [-0.2, 0) is 27.1 Å². The highest BCUT2D eigenvalue weighted by atomic mass is 16.6. The SMILES string of the molecule is CN(C(=O)OC(C)(C)C)[C@@H](CCOCCCCc1ccc2c(n1)NCCC2)C(=O)O. The van der Waals surface area contributed by atoms with E-state index >= 15 is 0 Å². The van der Waals surface area contributed by atoms with Gasteiger partial charge in [-0.25, -0.2) is 14.6 Å². The molecule has 8 nitrogen and oxygen atoms in total. The number of nitrogens with zero attached hydrogens (tertiary/aromatic N) is 2. The molecule has 0 fully saturated rings. The van der Waals surface area contributed by atoms with E-state index in [1.54, 1.807) is 20.8 Å². The van der Waals surface area contributed by atoms with Crippen molar-refractivity contribution < 1.29 is 24.2 Å². The van der Waals surface area contributed by atoms with Crippen LogP contribution in [0, 0.1) is 0 Å². The highest BCUT2D eigenvalue weighted by Gasteiger charge is 2.29. The molecule has 8 heteroatoms. The van der Waals surface area contributed by atoms with Crippen molar-refractivity contribution >= 4 is 17.9 Å². The molecule has 0 saturated heterocycles. The zero-order valence-corrected chi connectivity index (χ0v) is 18.6. The Bertz CT molecular complexity index is 717. The van der Waals surface area contributed by atoms with E-state index in [2.05, 4.69) is 22.4 Å². The molecule has 1 aromatic rings. The van der Waals surface area contributed by atoms with Gasteiger partial charge in [-0.05, 0) is 64.5 Å². The molecular weight excluding hydrogens is 386 g/mol. The molecule has 0 aromatic carbocycles. The van der Waals surface area contributed by atoms with Crippen LogP contribution in [0.5, 0.6) is 0 Å². The quantitative estimate of drug-likeness (QED) is 0.558. The van der Waals surface area contributed by atoms with Gasteiger partial charge in [-0.2, -0.15) is 0 Å². The van der Waals surface area contributed by atoms with Crippen molar-refractivity contribution in [3.8, 4) is 0 Å². The summed E-state index contributed by atoms with van der Waals surface area (Å²) in [5.41, 5.74) is 1.69. The lowest BCUT2D eigenvalue weighted by Crippen LogP contribution is -2.45. The zero-order valence-electron chi connectivity index (χ0n) is 18.6. The molecule has 2 heterocycles. The van der Waals surface area contributed by atoms with Gasteiger partial charge in [0.05, 0.1) is 0 Å². The summed E-state index contributed by atoms with van der Waals surface area (Å²) in [4.78, 5) is 29.4. The molecule has 1 aliphatic heterocycles. The van der Waals surface area contributed by atoms with Crippen molar-refractivity contribution in [3.05, 3.63) is 23.4 Å². The van der Waals surface area contributed by atoms with Crippen molar-refractivity contribution in [2.24, 2.45) is 0 Å². The smallest absolute Gasteiger partial charge is 0.410 e. The minimum Gasteiger partial charge on any atom is -0.480 e. The molecule has 1 atom stereocenters. The topological polar surface area (TPSA) is 101 Å². The number of carbonyl (C=O) groups excluding carboxylic acids is 1. The van der Waals surface area contributed by atoms with Gasteiger partial charge in [0.15, 0.2) is 0 Å². The number of nitrogens with one attached hydrogen (secondary N) is 1. The summed E-state index contributed by atoms with van der Waals surface area (Å²) in [5, 5.41) is 12.8. The Morgan fingerprint density at radius 3 is 2.73 bits per heavy atom. The predicted octanol–water partition coefficient (Wildman–Crippen LogP) is 3.49. The second kappa shape index (κ2) is 11.2. The molecule has 0 bridgehead atoms. The number of aliphatic carboxylic acids is 1. The van der Waals surface area contributed by atoms with Crippen LogP contribution in [0.15, 0.2) is 12.1 Å². The first-order chi connectivity index (χ1) is 14.2. The number of aryl methyl sites for hydroxylation is 2. The number of hydrogen-bond donors (Lipinski definition) is 2. The van der Waals surface area contributed by atoms with E-state index < -0.39 is 23.7 Å². The number of rotatable bonds is 10. The minimum atomic E-state index is -1.07. The van der Waals surface area contributed by atoms with Gasteiger partial charge in [0.2, 0.25) is 0 Å². The van der Waals surface area contributed by atoms with Gasteiger partial charge >= 0.3 is 12.1 Å². The molecule has 0 unspecified atom stereocenters. The Labute approximate surface area is 179 Å². The number of pyridine rings is 1. The normalized spacial score (nSPS) is 14.4. The molecule has 0 aliphatic carbocycles. The van der Waals surface area contributed by atoms with E-state index in [0.717, 1.165) is 55.1 Å². The summed E-state index contributed by atoms with van der Waals surface area (Å²) in [7, 11) is 1.44. The number of anilines is 1. The summed E-state index contributed by atoms with van der Waals surface area (Å²) < 4.78 is 10.8. The number of amides is 1. The average Bonchev–Trinajstić information content (AvgIpc) is 2.68. The van der Waals surface area contributed by atoms with E-state index in [9.17, 15) is 14.7 Å². The first-order valence-electron chi connectivity index (χ1n) is 10.7. The molecule has 0 spiro atoms. The fourth-order valence-corrected chi connectivity index (χ4v) is 3.26. The molecule has 1 aliphatic rings. The standard InChI is InChI=1S/C22H35N3O5/c1-22(2,3)30-21(28)25(4)18(20(26)27)12-15-29-14-6-5-9-17-11-10-16-8-7-13-23-19(16)24-17/h10-11,18H,5-9,12-15H2,1-4H3,(H,23,24)(H,26,27)/t18-/m0/s1. The van der Waals surface area contributed by atoms with Crippen LogP contribution in [-0.4, -0.2) is 65.5 Å². The molecule has 0 radical (unpaired) electrons. The summed E-state index contributed by atoms with van der Waals surface area (Å²) in [6.45, 7) is 7.03. The van der Waals surface area contributed by atoms with Crippen molar-refractivity contribution in [1.82, 2.24) is 9.88 Å². The molecule has 1 amide bonds. The number of aromatic nitrogens is 1. The van der Waals surface area contributed by atoms with Gasteiger partial charge in [-0.15, -0.1) is 0 Å². The lowest BCUT2D eigenvalue weighted by molar-refractivity contribution is -0.143. The summed E-state index contributed by atoms with van der Waals surface area (Å²) in [5.74, 6) is -0.0529. The molecule has 1 aromatic heterocycles. The van der Waals surface area contributed by atoms with Gasteiger partial charge in [0, 0.05) is 38.9 Å². The third kappa shape index (κ3) is 7.82. The predicted molar refractivity (Wildman–Crippen MR) is 115 cm³/mol. The number of carboxylic acids is 1. The maximum atomic E-state index is 12.1. The molecule has 0 saturated carbocycles. The number of carboxylic acid groups (broad SMARTS) is 1. The number of fused-ring (bicyclic) bond motifs is 1. The second-order valence-electron chi connectivity index (χ2n) is 8.64. The monoisotopic (exact) mass is 421 g/mol. The van der Waals surface area contributed by atoms with Crippen molar-refractivity contribution in [1.29, 1.82) is 0 Å². The lowest BCUT2D eigenvalue weighted by Gasteiger charge is -2.28. The number of likely N-dealkylation sites (N-methyl/N-ethyl adjacent to an activating group) is 1. The van der Waals surface area contributed by atoms with Crippen molar-refractivity contribution in [2.75, 3.05) is 32.1 Å². The number of carbonyl (C=O) groups is 2. The van der Waals surface area contributed by atoms with Crippen molar-refractivity contribution in [3.63, 3.8) is 0 Å². The summed E-state index contributed by atoms with van der Waals surface area (Å²) in [6, 6.07) is 3.27. The Kier molecular flexibility index (Phi) is 8.89. The van der Waals surface area contributed by atoms with Gasteiger partial charge in [0.25, 0.3) is 0 Å². The Morgan fingerprint density at radius 2 is 2.03 bits per heavy atom. The van der Waals surface area contributed by atoms with Gasteiger partial charge in [-0.3, -0.25) is 4.90 Å². The largest absolute Gasteiger partial charge is 0.480 e. The van der Waals surface area contributed by atoms with E-state index in [1.165, 1.54) is 12.6 Å². The zero-order chi connectivity index (χ0) is 22.1. The number of unbranched alkanes of at least 4 members (excludes halogenated alkanes) is 1. The Balaban J connectivity index is 1.65. The second-order valence-corrected chi connectivity index (χ2v) is 8.64. The molecular formula is C22H35N3O5. The minimum absolute atomic E-state index is 0.211. The van der Waals surface area contributed by atoms with Gasteiger partial charge in [0.1, 0.15) is 17.5 Å². The molecule has 2 N–H and O–H groups in total. The van der Waals surface area contributed by atoms with Crippen LogP contribution in [0.1, 0.15) is 57.7 Å². The maximum absolute atomic E-state index is 12.1. The number of ether oxygens (including phenoxy) is 2. The first kappa shape index (κ1) is 23.9. The lowest BCUT2D eigenvalue weighted by atomic mass is 10.1. The van der Waals surface area contributed by atoms with Crippen LogP contribution in [0.25, 0.3) is 0 Å². The van der Waals surface area contributed by atoms with E-state index in [0.29, 0.717) is 6.61 Å². The summed E-state index contributed by atoms with van der Waals surface area (Å²) in [6.07, 6.45) is 4.51. The first-order valence-corrected chi connectivity index (χ1v) is 10.7. The van der Waals surface area contributed by atoms with Crippen LogP contribution < -0.4 is 5.32 Å².